The number of benzene rings is 1. The molecule has 0 amide bonds. The minimum Gasteiger partial charge on any atom is -0.504 e. The number of aromatic hydroxyl groups is 2. The Bertz CT molecular complexity index is 407. The van der Waals surface area contributed by atoms with Gasteiger partial charge in [0.15, 0.2) is 11.5 Å². The van der Waals surface area contributed by atoms with Gasteiger partial charge >= 0.3 is 5.97 Å². The second-order valence-corrected chi connectivity index (χ2v) is 3.57. The van der Waals surface area contributed by atoms with E-state index in [9.17, 15) is 15.0 Å². The first-order chi connectivity index (χ1) is 7.97. The topological polar surface area (TPSA) is 110 Å². The summed E-state index contributed by atoms with van der Waals surface area (Å²) in [6.07, 6.45) is -1.31. The van der Waals surface area contributed by atoms with E-state index in [0.717, 1.165) is 6.07 Å². The minimum atomic E-state index is -1.31. The second-order valence-electron chi connectivity index (χ2n) is 3.57. The Morgan fingerprint density at radius 2 is 2.00 bits per heavy atom. The van der Waals surface area contributed by atoms with Crippen LogP contribution in [0.4, 0.5) is 0 Å². The molecular formula is C11H15NO5. The van der Waals surface area contributed by atoms with E-state index in [2.05, 4.69) is 5.32 Å². The number of aliphatic hydroxyl groups excluding tert-OH is 1. The van der Waals surface area contributed by atoms with E-state index < -0.39 is 23.9 Å². The molecular weight excluding hydrogens is 226 g/mol. The van der Waals surface area contributed by atoms with E-state index in [-0.39, 0.29) is 11.3 Å². The summed E-state index contributed by atoms with van der Waals surface area (Å²) in [5, 5.41) is 39.8. The zero-order valence-electron chi connectivity index (χ0n) is 9.29. The van der Waals surface area contributed by atoms with E-state index in [1.165, 1.54) is 12.1 Å². The molecule has 94 valence electrons. The first kappa shape index (κ1) is 13.3. The summed E-state index contributed by atoms with van der Waals surface area (Å²) in [4.78, 5) is 10.9. The van der Waals surface area contributed by atoms with Gasteiger partial charge in [-0.2, -0.15) is 0 Å². The molecule has 0 radical (unpaired) electrons. The van der Waals surface area contributed by atoms with Gasteiger partial charge in [-0.25, -0.2) is 0 Å². The van der Waals surface area contributed by atoms with Crippen molar-refractivity contribution in [3.05, 3.63) is 23.8 Å². The molecule has 0 bridgehead atoms. The number of carbonyl (C=O) groups is 1. The molecule has 1 rings (SSSR count). The number of carboxylic acids is 1. The molecule has 2 atom stereocenters. The van der Waals surface area contributed by atoms with Gasteiger partial charge in [0, 0.05) is 0 Å². The Morgan fingerprint density at radius 3 is 2.47 bits per heavy atom. The van der Waals surface area contributed by atoms with Crippen molar-refractivity contribution >= 4 is 5.97 Å². The average molecular weight is 241 g/mol. The standard InChI is InChI=1S/C11H15NO5/c1-2-12-9(11(16)17)10(15)6-3-4-7(13)8(14)5-6/h3-5,9-10,12-15H,2H2,1H3,(H,16,17). The number of aliphatic hydroxyl groups is 1. The Balaban J connectivity index is 2.96. The number of phenolic OH excluding ortho intramolecular Hbond substituents is 2. The Hall–Kier alpha value is -1.79. The first-order valence-electron chi connectivity index (χ1n) is 5.13. The van der Waals surface area contributed by atoms with Gasteiger partial charge in [0.05, 0.1) is 0 Å². The molecule has 6 nitrogen and oxygen atoms in total. The highest BCUT2D eigenvalue weighted by molar-refractivity contribution is 5.74. The summed E-state index contributed by atoms with van der Waals surface area (Å²) < 4.78 is 0. The van der Waals surface area contributed by atoms with Crippen molar-refractivity contribution in [2.24, 2.45) is 0 Å². The largest absolute Gasteiger partial charge is 0.504 e. The number of carboxylic acid groups (broad SMARTS) is 1. The lowest BCUT2D eigenvalue weighted by Crippen LogP contribution is -2.41. The van der Waals surface area contributed by atoms with Crippen LogP contribution in [0, 0.1) is 0 Å². The first-order valence-corrected chi connectivity index (χ1v) is 5.13. The Kier molecular flexibility index (Phi) is 4.30. The Morgan fingerprint density at radius 1 is 1.35 bits per heavy atom. The van der Waals surface area contributed by atoms with Gasteiger partial charge in [-0.15, -0.1) is 0 Å². The van der Waals surface area contributed by atoms with Crippen molar-refractivity contribution in [1.29, 1.82) is 0 Å². The number of aliphatic carboxylic acids is 1. The van der Waals surface area contributed by atoms with Crippen LogP contribution in [-0.2, 0) is 4.79 Å². The maximum atomic E-state index is 10.9. The molecule has 0 saturated carbocycles. The number of hydrogen-bond acceptors (Lipinski definition) is 5. The van der Waals surface area contributed by atoms with E-state index in [4.69, 9.17) is 10.2 Å². The van der Waals surface area contributed by atoms with Crippen molar-refractivity contribution < 1.29 is 25.2 Å². The molecule has 17 heavy (non-hydrogen) atoms. The number of phenols is 2. The number of rotatable bonds is 5. The maximum Gasteiger partial charge on any atom is 0.323 e. The number of likely N-dealkylation sites (N-methyl/N-ethyl adjacent to an activating group) is 1. The molecule has 0 aliphatic carbocycles. The van der Waals surface area contributed by atoms with Crippen molar-refractivity contribution in [2.45, 2.75) is 19.1 Å². The molecule has 5 N–H and O–H groups in total. The minimum absolute atomic E-state index is 0.216. The molecule has 6 heteroatoms. The van der Waals surface area contributed by atoms with Gasteiger partial charge in [-0.05, 0) is 24.2 Å². The lowest BCUT2D eigenvalue weighted by atomic mass is 10.0. The molecule has 0 heterocycles. The van der Waals surface area contributed by atoms with Crippen LogP contribution in [0.1, 0.15) is 18.6 Å². The summed E-state index contributed by atoms with van der Waals surface area (Å²) in [7, 11) is 0. The smallest absolute Gasteiger partial charge is 0.323 e. The van der Waals surface area contributed by atoms with E-state index in [1.54, 1.807) is 6.92 Å². The second kappa shape index (κ2) is 5.51. The molecule has 2 unspecified atom stereocenters. The van der Waals surface area contributed by atoms with E-state index >= 15 is 0 Å². The van der Waals surface area contributed by atoms with Crippen LogP contribution in [0.2, 0.25) is 0 Å². The predicted octanol–water partition coefficient (Wildman–Crippen LogP) is 0.194. The van der Waals surface area contributed by atoms with Crippen molar-refractivity contribution in [3.8, 4) is 11.5 Å². The molecule has 0 saturated heterocycles. The summed E-state index contributed by atoms with van der Waals surface area (Å²) in [5.41, 5.74) is 0.216. The predicted molar refractivity (Wildman–Crippen MR) is 59.8 cm³/mol. The van der Waals surface area contributed by atoms with Gasteiger partial charge in [-0.3, -0.25) is 4.79 Å². The van der Waals surface area contributed by atoms with Gasteiger partial charge in [0.2, 0.25) is 0 Å². The highest BCUT2D eigenvalue weighted by atomic mass is 16.4. The monoisotopic (exact) mass is 241 g/mol. The zero-order valence-corrected chi connectivity index (χ0v) is 9.29. The molecule has 0 fully saturated rings. The van der Waals surface area contributed by atoms with E-state index in [0.29, 0.717) is 6.54 Å². The van der Waals surface area contributed by atoms with Gasteiger partial charge in [0.25, 0.3) is 0 Å². The third kappa shape index (κ3) is 3.08. The average Bonchev–Trinajstić information content (AvgIpc) is 2.28. The fourth-order valence-electron chi connectivity index (χ4n) is 1.47. The quantitative estimate of drug-likeness (QED) is 0.471. The normalized spacial score (nSPS) is 14.2. The van der Waals surface area contributed by atoms with Crippen LogP contribution in [0.5, 0.6) is 11.5 Å². The molecule has 1 aromatic carbocycles. The van der Waals surface area contributed by atoms with Crippen LogP contribution in [-0.4, -0.2) is 39.0 Å². The highest BCUT2D eigenvalue weighted by Gasteiger charge is 2.27. The fourth-order valence-corrected chi connectivity index (χ4v) is 1.47. The molecule has 0 aromatic heterocycles. The summed E-state index contributed by atoms with van der Waals surface area (Å²) >= 11 is 0. The third-order valence-electron chi connectivity index (χ3n) is 2.35. The number of hydrogen-bond donors (Lipinski definition) is 5. The lowest BCUT2D eigenvalue weighted by Gasteiger charge is -2.20. The highest BCUT2D eigenvalue weighted by Crippen LogP contribution is 2.28. The van der Waals surface area contributed by atoms with Crippen LogP contribution in [0.3, 0.4) is 0 Å². The fraction of sp³-hybridized carbons (Fsp3) is 0.364. The third-order valence-corrected chi connectivity index (χ3v) is 2.35. The molecule has 0 aliphatic rings. The van der Waals surface area contributed by atoms with Crippen molar-refractivity contribution in [2.75, 3.05) is 6.54 Å². The molecule has 1 aromatic rings. The van der Waals surface area contributed by atoms with Crippen molar-refractivity contribution in [1.82, 2.24) is 5.32 Å². The van der Waals surface area contributed by atoms with Crippen LogP contribution in [0.25, 0.3) is 0 Å². The van der Waals surface area contributed by atoms with Gasteiger partial charge in [-0.1, -0.05) is 13.0 Å². The number of nitrogens with one attached hydrogen (secondary N) is 1. The lowest BCUT2D eigenvalue weighted by molar-refractivity contribution is -0.142. The van der Waals surface area contributed by atoms with Gasteiger partial charge < -0.3 is 25.7 Å². The SMILES string of the molecule is CCNC(C(=O)O)C(O)c1ccc(O)c(O)c1. The zero-order chi connectivity index (χ0) is 13.0. The van der Waals surface area contributed by atoms with Crippen LogP contribution >= 0.6 is 0 Å². The summed E-state index contributed by atoms with van der Waals surface area (Å²) in [6.45, 7) is 2.11. The van der Waals surface area contributed by atoms with Crippen LogP contribution < -0.4 is 5.32 Å². The summed E-state index contributed by atoms with van der Waals surface area (Å²) in [6, 6.07) is 2.52. The van der Waals surface area contributed by atoms with Crippen molar-refractivity contribution in [3.63, 3.8) is 0 Å². The Labute approximate surface area is 98.1 Å². The summed E-state index contributed by atoms with van der Waals surface area (Å²) in [5.74, 6) is -1.91. The molecule has 0 spiro atoms. The van der Waals surface area contributed by atoms with Crippen LogP contribution in [0.15, 0.2) is 18.2 Å². The maximum absolute atomic E-state index is 10.9. The van der Waals surface area contributed by atoms with Gasteiger partial charge in [0.1, 0.15) is 12.1 Å². The molecule has 0 aliphatic heterocycles. The van der Waals surface area contributed by atoms with E-state index in [1.807, 2.05) is 0 Å².